The van der Waals surface area contributed by atoms with Gasteiger partial charge in [0.1, 0.15) is 0 Å². The van der Waals surface area contributed by atoms with Gasteiger partial charge in [-0.2, -0.15) is 0 Å². The predicted octanol–water partition coefficient (Wildman–Crippen LogP) is 2.68. The molecule has 2 aliphatic rings. The van der Waals surface area contributed by atoms with Crippen LogP contribution in [0.2, 0.25) is 5.02 Å². The van der Waals surface area contributed by atoms with Crippen molar-refractivity contribution in [3.63, 3.8) is 0 Å². The Kier molecular flexibility index (Phi) is 5.70. The maximum Gasteiger partial charge on any atom is 0.246 e. The van der Waals surface area contributed by atoms with Gasteiger partial charge in [0.25, 0.3) is 0 Å². The molecule has 1 aromatic rings. The third kappa shape index (κ3) is 4.80. The van der Waals surface area contributed by atoms with E-state index in [0.29, 0.717) is 11.1 Å². The van der Waals surface area contributed by atoms with Gasteiger partial charge in [-0.15, -0.1) is 0 Å². The monoisotopic (exact) mass is 334 g/mol. The van der Waals surface area contributed by atoms with Crippen LogP contribution in [0.25, 0.3) is 6.08 Å². The molecule has 1 aromatic carbocycles. The molecule has 2 aliphatic heterocycles. The molecule has 23 heavy (non-hydrogen) atoms. The molecule has 2 heterocycles. The Balaban J connectivity index is 1.46. The number of benzene rings is 1. The number of carbonyl (C=O) groups excluding carboxylic acids is 1. The minimum absolute atomic E-state index is 0.0711. The number of piperazine rings is 1. The van der Waals surface area contributed by atoms with Crippen molar-refractivity contribution >= 4 is 23.6 Å². The minimum Gasteiger partial charge on any atom is -0.377 e. The van der Waals surface area contributed by atoms with Gasteiger partial charge in [0, 0.05) is 50.4 Å². The lowest BCUT2D eigenvalue weighted by atomic mass is 10.2. The number of halogens is 1. The summed E-state index contributed by atoms with van der Waals surface area (Å²) in [4.78, 5) is 16.6. The Morgan fingerprint density at radius 2 is 2.13 bits per heavy atom. The first-order chi connectivity index (χ1) is 11.2. The highest BCUT2D eigenvalue weighted by Gasteiger charge is 2.23. The summed E-state index contributed by atoms with van der Waals surface area (Å²) in [5, 5.41) is 0.683. The summed E-state index contributed by atoms with van der Waals surface area (Å²) < 4.78 is 5.68. The highest BCUT2D eigenvalue weighted by atomic mass is 35.5. The molecular weight excluding hydrogens is 312 g/mol. The van der Waals surface area contributed by atoms with Crippen molar-refractivity contribution in [2.45, 2.75) is 18.9 Å². The molecule has 2 saturated heterocycles. The number of rotatable bonds is 4. The van der Waals surface area contributed by atoms with Gasteiger partial charge in [-0.3, -0.25) is 9.69 Å². The summed E-state index contributed by atoms with van der Waals surface area (Å²) in [5.41, 5.74) is 0.947. The van der Waals surface area contributed by atoms with Gasteiger partial charge in [0.2, 0.25) is 5.91 Å². The molecule has 0 aromatic heterocycles. The maximum absolute atomic E-state index is 12.3. The van der Waals surface area contributed by atoms with Crippen molar-refractivity contribution in [3.8, 4) is 0 Å². The zero-order valence-corrected chi connectivity index (χ0v) is 14.0. The number of hydrogen-bond donors (Lipinski definition) is 0. The summed E-state index contributed by atoms with van der Waals surface area (Å²) in [7, 11) is 0. The molecule has 1 unspecified atom stereocenters. The van der Waals surface area contributed by atoms with Crippen LogP contribution in [0.4, 0.5) is 0 Å². The van der Waals surface area contributed by atoms with Crippen molar-refractivity contribution in [1.82, 2.24) is 9.80 Å². The van der Waals surface area contributed by atoms with E-state index in [2.05, 4.69) is 4.90 Å². The van der Waals surface area contributed by atoms with Gasteiger partial charge in [0.05, 0.1) is 6.10 Å². The first-order valence-corrected chi connectivity index (χ1v) is 8.65. The van der Waals surface area contributed by atoms with Crippen LogP contribution < -0.4 is 0 Å². The summed E-state index contributed by atoms with van der Waals surface area (Å²) in [6.07, 6.45) is 6.20. The molecule has 1 amide bonds. The molecule has 0 radical (unpaired) electrons. The maximum atomic E-state index is 12.3. The molecule has 5 heteroatoms. The zero-order valence-electron chi connectivity index (χ0n) is 13.3. The Morgan fingerprint density at radius 1 is 1.30 bits per heavy atom. The zero-order chi connectivity index (χ0) is 16.1. The molecule has 1 atom stereocenters. The van der Waals surface area contributed by atoms with Gasteiger partial charge in [-0.25, -0.2) is 0 Å². The summed E-state index contributed by atoms with van der Waals surface area (Å²) in [6.45, 7) is 5.32. The Hall–Kier alpha value is -1.36. The number of hydrogen-bond acceptors (Lipinski definition) is 3. The SMILES string of the molecule is O=C(C=Cc1cccc(Cl)c1)N1CCN(CC2CCCO2)CC1. The second kappa shape index (κ2) is 7.95. The quantitative estimate of drug-likeness (QED) is 0.794. The van der Waals surface area contributed by atoms with Crippen LogP contribution in [0.1, 0.15) is 18.4 Å². The molecule has 0 bridgehead atoms. The van der Waals surface area contributed by atoms with E-state index >= 15 is 0 Å². The molecule has 0 saturated carbocycles. The Morgan fingerprint density at radius 3 is 2.83 bits per heavy atom. The largest absolute Gasteiger partial charge is 0.377 e. The standard InChI is InChI=1S/C18H23ClN2O2/c19-16-4-1-3-15(13-16)6-7-18(22)21-10-8-20(9-11-21)14-17-5-2-12-23-17/h1,3-4,6-7,13,17H,2,5,8-12,14H2. The van der Waals surface area contributed by atoms with Gasteiger partial charge in [0.15, 0.2) is 0 Å². The fraction of sp³-hybridized carbons (Fsp3) is 0.500. The molecule has 124 valence electrons. The lowest BCUT2D eigenvalue weighted by Crippen LogP contribution is -2.50. The average molecular weight is 335 g/mol. The molecule has 0 N–H and O–H groups in total. The minimum atomic E-state index is 0.0711. The van der Waals surface area contributed by atoms with Crippen LogP contribution in [0, 0.1) is 0 Å². The highest BCUT2D eigenvalue weighted by Crippen LogP contribution is 2.15. The lowest BCUT2D eigenvalue weighted by Gasteiger charge is -2.35. The van der Waals surface area contributed by atoms with E-state index in [-0.39, 0.29) is 5.91 Å². The van der Waals surface area contributed by atoms with Gasteiger partial charge in [-0.05, 0) is 36.6 Å². The smallest absolute Gasteiger partial charge is 0.246 e. The summed E-state index contributed by atoms with van der Waals surface area (Å²) in [5.74, 6) is 0.0711. The van der Waals surface area contributed by atoms with Crippen LogP contribution in [0.15, 0.2) is 30.3 Å². The molecule has 4 nitrogen and oxygen atoms in total. The van der Waals surface area contributed by atoms with Gasteiger partial charge < -0.3 is 9.64 Å². The first-order valence-electron chi connectivity index (χ1n) is 8.27. The fourth-order valence-electron chi connectivity index (χ4n) is 3.11. The second-order valence-electron chi connectivity index (χ2n) is 6.15. The molecule has 0 aliphatic carbocycles. The fourth-order valence-corrected chi connectivity index (χ4v) is 3.31. The van der Waals surface area contributed by atoms with Crippen LogP contribution in [0.3, 0.4) is 0 Å². The summed E-state index contributed by atoms with van der Waals surface area (Å²) >= 11 is 5.95. The number of nitrogens with zero attached hydrogens (tertiary/aromatic N) is 2. The van der Waals surface area contributed by atoms with Crippen molar-refractivity contribution in [2.24, 2.45) is 0 Å². The predicted molar refractivity (Wildman–Crippen MR) is 92.5 cm³/mol. The summed E-state index contributed by atoms with van der Waals surface area (Å²) in [6, 6.07) is 7.50. The second-order valence-corrected chi connectivity index (χ2v) is 6.59. The molecule has 0 spiro atoms. The van der Waals surface area contributed by atoms with E-state index < -0.39 is 0 Å². The van der Waals surface area contributed by atoms with E-state index in [0.717, 1.165) is 44.9 Å². The average Bonchev–Trinajstić information content (AvgIpc) is 3.06. The van der Waals surface area contributed by atoms with E-state index in [9.17, 15) is 4.79 Å². The van der Waals surface area contributed by atoms with Crippen molar-refractivity contribution in [3.05, 3.63) is 40.9 Å². The van der Waals surface area contributed by atoms with Crippen molar-refractivity contribution < 1.29 is 9.53 Å². The van der Waals surface area contributed by atoms with Crippen LogP contribution >= 0.6 is 11.6 Å². The Labute approximate surface area is 142 Å². The van der Waals surface area contributed by atoms with E-state index in [1.165, 1.54) is 12.8 Å². The van der Waals surface area contributed by atoms with Crippen LogP contribution in [-0.4, -0.2) is 61.1 Å². The van der Waals surface area contributed by atoms with Crippen molar-refractivity contribution in [2.75, 3.05) is 39.3 Å². The Bertz CT molecular complexity index is 562. The number of carbonyl (C=O) groups is 1. The molecular formula is C18H23ClN2O2. The van der Waals surface area contributed by atoms with E-state index in [1.807, 2.05) is 35.2 Å². The van der Waals surface area contributed by atoms with E-state index in [1.54, 1.807) is 6.08 Å². The van der Waals surface area contributed by atoms with Gasteiger partial charge >= 0.3 is 0 Å². The lowest BCUT2D eigenvalue weighted by molar-refractivity contribution is -0.127. The first kappa shape index (κ1) is 16.5. The van der Waals surface area contributed by atoms with Crippen LogP contribution in [-0.2, 0) is 9.53 Å². The number of amides is 1. The third-order valence-electron chi connectivity index (χ3n) is 4.44. The number of ether oxygens (including phenoxy) is 1. The third-order valence-corrected chi connectivity index (χ3v) is 4.67. The molecule has 2 fully saturated rings. The molecule has 3 rings (SSSR count). The van der Waals surface area contributed by atoms with Crippen molar-refractivity contribution in [1.29, 1.82) is 0 Å². The highest BCUT2D eigenvalue weighted by molar-refractivity contribution is 6.30. The van der Waals surface area contributed by atoms with Gasteiger partial charge in [-0.1, -0.05) is 23.7 Å². The normalized spacial score (nSPS) is 22.8. The van der Waals surface area contributed by atoms with E-state index in [4.69, 9.17) is 16.3 Å². The van der Waals surface area contributed by atoms with Crippen LogP contribution in [0.5, 0.6) is 0 Å². The topological polar surface area (TPSA) is 32.8 Å².